The van der Waals surface area contributed by atoms with Gasteiger partial charge in [0.05, 0.1) is 5.92 Å². The fourth-order valence-corrected chi connectivity index (χ4v) is 3.25. The van der Waals surface area contributed by atoms with Crippen LogP contribution in [0.5, 0.6) is 5.75 Å². The molecule has 0 radical (unpaired) electrons. The van der Waals surface area contributed by atoms with Gasteiger partial charge in [0.25, 0.3) is 5.91 Å². The molecule has 0 aromatic heterocycles. The third kappa shape index (κ3) is 4.99. The van der Waals surface area contributed by atoms with Crippen LogP contribution in [0.3, 0.4) is 0 Å². The van der Waals surface area contributed by atoms with E-state index in [-0.39, 0.29) is 29.8 Å². The van der Waals surface area contributed by atoms with Crippen LogP contribution in [-0.2, 0) is 15.0 Å². The normalized spacial score (nSPS) is 20.6. The Labute approximate surface area is 156 Å². The Morgan fingerprint density at radius 3 is 2.46 bits per heavy atom. The Bertz CT molecular complexity index is 644. The zero-order valence-electron chi connectivity index (χ0n) is 16.1. The Kier molecular flexibility index (Phi) is 5.54. The fourth-order valence-electron chi connectivity index (χ4n) is 3.25. The van der Waals surface area contributed by atoms with Crippen LogP contribution < -0.4 is 10.1 Å². The smallest absolute Gasteiger partial charge is 0.260 e. The number of rotatable bonds is 5. The Hall–Kier alpha value is -2.04. The summed E-state index contributed by atoms with van der Waals surface area (Å²) in [6.45, 7) is 7.73. The van der Waals surface area contributed by atoms with Crippen molar-refractivity contribution in [1.29, 1.82) is 0 Å². The molecule has 2 amide bonds. The summed E-state index contributed by atoms with van der Waals surface area (Å²) in [4.78, 5) is 26.5. The Morgan fingerprint density at radius 1 is 1.15 bits per heavy atom. The van der Waals surface area contributed by atoms with E-state index in [9.17, 15) is 9.59 Å². The van der Waals surface area contributed by atoms with Crippen molar-refractivity contribution in [2.24, 2.45) is 5.92 Å². The number of likely N-dealkylation sites (tertiary alicyclic amines) is 1. The quantitative estimate of drug-likeness (QED) is 0.880. The number of carbonyl (C=O) groups excluding carboxylic acids is 2. The highest BCUT2D eigenvalue weighted by Gasteiger charge is 2.31. The van der Waals surface area contributed by atoms with E-state index in [0.717, 1.165) is 25.7 Å². The zero-order chi connectivity index (χ0) is 18.7. The molecule has 1 aliphatic heterocycles. The molecule has 0 spiro atoms. The van der Waals surface area contributed by atoms with Crippen LogP contribution in [0.1, 0.15) is 52.0 Å². The van der Waals surface area contributed by atoms with Gasteiger partial charge in [-0.25, -0.2) is 0 Å². The molecule has 0 bridgehead atoms. The minimum atomic E-state index is -0.0839. The van der Waals surface area contributed by atoms with Crippen molar-refractivity contribution < 1.29 is 14.3 Å². The summed E-state index contributed by atoms with van der Waals surface area (Å²) in [5, 5.41) is 3.05. The third-order valence-electron chi connectivity index (χ3n) is 5.15. The molecule has 1 aromatic rings. The van der Waals surface area contributed by atoms with Crippen molar-refractivity contribution in [2.75, 3.05) is 19.7 Å². The standard InChI is InChI=1S/C21H30N2O3/c1-21(2,3)16-6-10-18(11-7-16)26-14-19(24)23-12-4-5-15(13-23)20(25)22-17-8-9-17/h6-7,10-11,15,17H,4-5,8-9,12-14H2,1-3H3,(H,22,25). The van der Waals surface area contributed by atoms with Crippen LogP contribution in [0.2, 0.25) is 0 Å². The van der Waals surface area contributed by atoms with E-state index in [0.29, 0.717) is 24.9 Å². The van der Waals surface area contributed by atoms with Crippen LogP contribution in [0.15, 0.2) is 24.3 Å². The molecule has 1 atom stereocenters. The second-order valence-corrected chi connectivity index (χ2v) is 8.52. The second-order valence-electron chi connectivity index (χ2n) is 8.52. The maximum absolute atomic E-state index is 12.5. The maximum Gasteiger partial charge on any atom is 0.260 e. The summed E-state index contributed by atoms with van der Waals surface area (Å²) < 4.78 is 5.67. The highest BCUT2D eigenvalue weighted by atomic mass is 16.5. The Morgan fingerprint density at radius 2 is 1.85 bits per heavy atom. The van der Waals surface area contributed by atoms with Crippen LogP contribution in [0, 0.1) is 5.92 Å². The van der Waals surface area contributed by atoms with Gasteiger partial charge in [0.15, 0.2) is 6.61 Å². The number of hydrogen-bond acceptors (Lipinski definition) is 3. The van der Waals surface area contributed by atoms with Gasteiger partial charge < -0.3 is 15.0 Å². The number of piperidine rings is 1. The highest BCUT2D eigenvalue weighted by Crippen LogP contribution is 2.25. The SMILES string of the molecule is CC(C)(C)c1ccc(OCC(=O)N2CCCC(C(=O)NC3CC3)C2)cc1. The molecule has 1 aliphatic carbocycles. The fraction of sp³-hybridized carbons (Fsp3) is 0.619. The largest absolute Gasteiger partial charge is 0.484 e. The predicted octanol–water partition coefficient (Wildman–Crippen LogP) is 2.88. The van der Waals surface area contributed by atoms with Crippen molar-refractivity contribution in [1.82, 2.24) is 10.2 Å². The van der Waals surface area contributed by atoms with Crippen LogP contribution >= 0.6 is 0 Å². The van der Waals surface area contributed by atoms with Gasteiger partial charge in [0, 0.05) is 19.1 Å². The number of amides is 2. The summed E-state index contributed by atoms with van der Waals surface area (Å²) >= 11 is 0. The topological polar surface area (TPSA) is 58.6 Å². The summed E-state index contributed by atoms with van der Waals surface area (Å²) in [6.07, 6.45) is 3.90. The number of ether oxygens (including phenoxy) is 1. The lowest BCUT2D eigenvalue weighted by Gasteiger charge is -2.32. The Balaban J connectivity index is 1.48. The van der Waals surface area contributed by atoms with Gasteiger partial charge in [0.2, 0.25) is 5.91 Å². The molecule has 3 rings (SSSR count). The summed E-state index contributed by atoms with van der Waals surface area (Å²) in [5.41, 5.74) is 1.33. The molecule has 1 aromatic carbocycles. The van der Waals surface area contributed by atoms with Crippen LogP contribution in [0.25, 0.3) is 0 Å². The van der Waals surface area contributed by atoms with E-state index in [1.54, 1.807) is 4.90 Å². The lowest BCUT2D eigenvalue weighted by Crippen LogP contribution is -2.47. The van der Waals surface area contributed by atoms with Crippen LogP contribution in [-0.4, -0.2) is 42.5 Å². The lowest BCUT2D eigenvalue weighted by atomic mass is 9.87. The number of hydrogen-bond donors (Lipinski definition) is 1. The second kappa shape index (κ2) is 7.68. The van der Waals surface area contributed by atoms with Gasteiger partial charge in [-0.3, -0.25) is 9.59 Å². The number of carbonyl (C=O) groups is 2. The summed E-state index contributed by atoms with van der Waals surface area (Å²) in [6, 6.07) is 8.28. The van der Waals surface area contributed by atoms with E-state index in [1.807, 2.05) is 24.3 Å². The molecule has 1 saturated heterocycles. The molecule has 26 heavy (non-hydrogen) atoms. The van der Waals surface area contributed by atoms with Gasteiger partial charge in [-0.1, -0.05) is 32.9 Å². The van der Waals surface area contributed by atoms with Crippen molar-refractivity contribution in [3.63, 3.8) is 0 Å². The molecule has 1 unspecified atom stereocenters. The summed E-state index contributed by atoms with van der Waals surface area (Å²) in [7, 11) is 0. The number of nitrogens with one attached hydrogen (secondary N) is 1. The molecule has 2 aliphatic rings. The van der Waals surface area contributed by atoms with E-state index in [1.165, 1.54) is 5.56 Å². The van der Waals surface area contributed by atoms with E-state index < -0.39 is 0 Å². The molecule has 142 valence electrons. The van der Waals surface area contributed by atoms with E-state index in [4.69, 9.17) is 4.74 Å². The van der Waals surface area contributed by atoms with Crippen molar-refractivity contribution in [3.05, 3.63) is 29.8 Å². The lowest BCUT2D eigenvalue weighted by molar-refractivity contribution is -0.137. The summed E-state index contributed by atoms with van der Waals surface area (Å²) in [5.74, 6) is 0.670. The van der Waals surface area contributed by atoms with Gasteiger partial charge in [0.1, 0.15) is 5.75 Å². The first-order valence-electron chi connectivity index (χ1n) is 9.64. The minimum absolute atomic E-state index is 0.0197. The third-order valence-corrected chi connectivity index (χ3v) is 5.15. The molecule has 1 N–H and O–H groups in total. The van der Waals surface area contributed by atoms with Gasteiger partial charge in [-0.2, -0.15) is 0 Å². The monoisotopic (exact) mass is 358 g/mol. The molecule has 5 heteroatoms. The molecule has 1 saturated carbocycles. The molecular weight excluding hydrogens is 328 g/mol. The van der Waals surface area contributed by atoms with Crippen molar-refractivity contribution in [2.45, 2.75) is 57.9 Å². The average Bonchev–Trinajstić information content (AvgIpc) is 3.43. The van der Waals surface area contributed by atoms with Crippen molar-refractivity contribution in [3.8, 4) is 5.75 Å². The van der Waals surface area contributed by atoms with E-state index in [2.05, 4.69) is 26.1 Å². The minimum Gasteiger partial charge on any atom is -0.484 e. The maximum atomic E-state index is 12.5. The zero-order valence-corrected chi connectivity index (χ0v) is 16.1. The first kappa shape index (κ1) is 18.7. The molecular formula is C21H30N2O3. The first-order chi connectivity index (χ1) is 12.3. The first-order valence-corrected chi connectivity index (χ1v) is 9.64. The number of benzene rings is 1. The highest BCUT2D eigenvalue weighted by molar-refractivity contribution is 5.82. The predicted molar refractivity (Wildman–Crippen MR) is 101 cm³/mol. The van der Waals surface area contributed by atoms with Gasteiger partial charge in [-0.15, -0.1) is 0 Å². The average molecular weight is 358 g/mol. The van der Waals surface area contributed by atoms with E-state index >= 15 is 0 Å². The number of nitrogens with zero attached hydrogens (tertiary/aromatic N) is 1. The molecule has 1 heterocycles. The van der Waals surface area contributed by atoms with Crippen molar-refractivity contribution >= 4 is 11.8 Å². The van der Waals surface area contributed by atoms with Gasteiger partial charge >= 0.3 is 0 Å². The molecule has 5 nitrogen and oxygen atoms in total. The van der Waals surface area contributed by atoms with Crippen LogP contribution in [0.4, 0.5) is 0 Å². The van der Waals surface area contributed by atoms with Gasteiger partial charge in [-0.05, 0) is 48.8 Å². The molecule has 2 fully saturated rings.